The number of halogens is 2. The zero-order valence-corrected chi connectivity index (χ0v) is 18.0. The molecule has 7 nitrogen and oxygen atoms in total. The number of rotatable bonds is 4. The molecule has 9 heteroatoms. The van der Waals surface area contributed by atoms with Crippen LogP contribution in [0.3, 0.4) is 0 Å². The quantitative estimate of drug-likeness (QED) is 0.729. The van der Waals surface area contributed by atoms with Gasteiger partial charge in [-0.25, -0.2) is 4.39 Å². The molecular formula is C22H23ClFN3O4. The van der Waals surface area contributed by atoms with Gasteiger partial charge in [0, 0.05) is 26.2 Å². The number of aromatic hydroxyl groups is 1. The third-order valence-electron chi connectivity index (χ3n) is 6.17. The van der Waals surface area contributed by atoms with Crippen LogP contribution in [0.15, 0.2) is 29.2 Å². The number of nitrogens with zero attached hydrogens (tertiary/aromatic N) is 3. The summed E-state index contributed by atoms with van der Waals surface area (Å²) in [5.74, 6) is -1.93. The van der Waals surface area contributed by atoms with Gasteiger partial charge in [-0.3, -0.25) is 24.1 Å². The molecule has 2 aromatic rings. The number of hydrogen-bond acceptors (Lipinski definition) is 5. The molecule has 1 saturated heterocycles. The Morgan fingerprint density at radius 1 is 1.32 bits per heavy atom. The Morgan fingerprint density at radius 2 is 2.06 bits per heavy atom. The summed E-state index contributed by atoms with van der Waals surface area (Å²) in [7, 11) is 1.64. The molecule has 0 bridgehead atoms. The van der Waals surface area contributed by atoms with Gasteiger partial charge in [0.05, 0.1) is 10.6 Å². The molecule has 2 atom stereocenters. The van der Waals surface area contributed by atoms with E-state index in [0.717, 1.165) is 12.8 Å². The second kappa shape index (κ2) is 8.00. The third-order valence-corrected chi connectivity index (χ3v) is 6.46. The van der Waals surface area contributed by atoms with E-state index >= 15 is 0 Å². The number of benzene rings is 1. The Hall–Kier alpha value is -2.87. The first-order chi connectivity index (χ1) is 14.7. The van der Waals surface area contributed by atoms with Crippen molar-refractivity contribution in [2.24, 2.45) is 5.92 Å². The van der Waals surface area contributed by atoms with E-state index in [4.69, 9.17) is 11.6 Å². The van der Waals surface area contributed by atoms with Crippen molar-refractivity contribution < 1.29 is 19.1 Å². The van der Waals surface area contributed by atoms with Crippen molar-refractivity contribution in [3.05, 3.63) is 62.3 Å². The van der Waals surface area contributed by atoms with Crippen LogP contribution in [0.5, 0.6) is 5.75 Å². The molecule has 1 fully saturated rings. The van der Waals surface area contributed by atoms with Crippen LogP contribution in [0.1, 0.15) is 52.6 Å². The van der Waals surface area contributed by atoms with E-state index in [2.05, 4.69) is 6.92 Å². The lowest BCUT2D eigenvalue weighted by Gasteiger charge is -2.49. The van der Waals surface area contributed by atoms with Gasteiger partial charge in [-0.2, -0.15) is 0 Å². The first-order valence-corrected chi connectivity index (χ1v) is 10.6. The van der Waals surface area contributed by atoms with Crippen LogP contribution in [-0.4, -0.2) is 46.1 Å². The molecule has 1 N–H and O–H groups in total. The molecule has 1 amide bonds. The fourth-order valence-corrected chi connectivity index (χ4v) is 4.52. The Labute approximate surface area is 183 Å². The van der Waals surface area contributed by atoms with Crippen molar-refractivity contribution in [1.29, 1.82) is 0 Å². The summed E-state index contributed by atoms with van der Waals surface area (Å²) < 4.78 is 15.6. The number of carbonyl (C=O) groups is 2. The molecule has 2 aliphatic heterocycles. The van der Waals surface area contributed by atoms with Crippen molar-refractivity contribution in [2.45, 2.75) is 38.8 Å². The normalized spacial score (nSPS) is 20.5. The van der Waals surface area contributed by atoms with Crippen molar-refractivity contribution in [1.82, 2.24) is 9.58 Å². The van der Waals surface area contributed by atoms with E-state index in [1.165, 1.54) is 27.9 Å². The summed E-state index contributed by atoms with van der Waals surface area (Å²) in [6.07, 6.45) is 2.64. The predicted octanol–water partition coefficient (Wildman–Crippen LogP) is 2.94. The van der Waals surface area contributed by atoms with Gasteiger partial charge in [-0.05, 0) is 36.8 Å². The number of fused-ring (bicyclic) bond motifs is 3. The molecule has 2 aliphatic rings. The maximum Gasteiger partial charge on any atom is 0.277 e. The molecule has 1 aromatic heterocycles. The topological polar surface area (TPSA) is 82.8 Å². The van der Waals surface area contributed by atoms with E-state index < -0.39 is 28.7 Å². The minimum absolute atomic E-state index is 0.0376. The molecular weight excluding hydrogens is 425 g/mol. The Kier molecular flexibility index (Phi) is 5.51. The second-order valence-corrected chi connectivity index (χ2v) is 8.65. The van der Waals surface area contributed by atoms with Crippen LogP contribution >= 0.6 is 11.6 Å². The Bertz CT molecular complexity index is 1130. The number of pyridine rings is 1. The predicted molar refractivity (Wildman–Crippen MR) is 114 cm³/mol. The number of amides is 1. The number of hydrogen-bond donors (Lipinski definition) is 1. The maximum absolute atomic E-state index is 14.1. The summed E-state index contributed by atoms with van der Waals surface area (Å²) in [6, 6.07) is 4.53. The van der Waals surface area contributed by atoms with Crippen molar-refractivity contribution >= 4 is 23.3 Å². The second-order valence-electron chi connectivity index (χ2n) is 8.24. The summed E-state index contributed by atoms with van der Waals surface area (Å²) in [5.41, 5.74) is -0.993. The molecule has 3 heterocycles. The van der Waals surface area contributed by atoms with Crippen molar-refractivity contribution in [3.63, 3.8) is 0 Å². The first kappa shape index (κ1) is 21.4. The van der Waals surface area contributed by atoms with Gasteiger partial charge in [0.2, 0.25) is 5.43 Å². The zero-order chi connectivity index (χ0) is 22.4. The van der Waals surface area contributed by atoms with Crippen LogP contribution in [0, 0.1) is 11.7 Å². The van der Waals surface area contributed by atoms with Crippen LogP contribution in [0.2, 0.25) is 5.02 Å². The number of aromatic nitrogens is 1. The lowest BCUT2D eigenvalue weighted by Crippen LogP contribution is -2.62. The number of aryl methyl sites for hydroxylation is 1. The Morgan fingerprint density at radius 3 is 2.81 bits per heavy atom. The molecule has 31 heavy (non-hydrogen) atoms. The molecule has 4 rings (SSSR count). The van der Waals surface area contributed by atoms with E-state index in [0.29, 0.717) is 12.5 Å². The molecule has 0 radical (unpaired) electrons. The van der Waals surface area contributed by atoms with Gasteiger partial charge in [-0.15, -0.1) is 0 Å². The summed E-state index contributed by atoms with van der Waals surface area (Å²) in [5, 5.41) is 12.4. The van der Waals surface area contributed by atoms with E-state index in [1.807, 2.05) is 5.01 Å². The fraction of sp³-hybridized carbons (Fsp3) is 0.409. The number of carbonyl (C=O) groups excluding carboxylic acids is 2. The van der Waals surface area contributed by atoms with Crippen molar-refractivity contribution in [3.8, 4) is 5.75 Å². The van der Waals surface area contributed by atoms with Crippen LogP contribution < -0.4 is 10.4 Å². The minimum atomic E-state index is -0.895. The highest BCUT2D eigenvalue weighted by atomic mass is 35.5. The van der Waals surface area contributed by atoms with Gasteiger partial charge in [-0.1, -0.05) is 30.7 Å². The number of Topliss-reactive ketones (excluding diaryl/α,β-unsaturated/α-hetero) is 1. The fourth-order valence-electron chi connectivity index (χ4n) is 4.33. The van der Waals surface area contributed by atoms with Crippen LogP contribution in [0.4, 0.5) is 4.39 Å². The van der Waals surface area contributed by atoms with E-state index in [-0.39, 0.29) is 40.9 Å². The standard InChI is InChI=1S/C22H23ClFN3O4/c1-12-8-9-26-17(10-12)25(2)22(31)19-21(30)20(29)14(11-27(19)26)16(28)7-6-13-4-3-5-15(23)18(13)24/h3-5,11-12,17,30H,6-10H2,1-2H3/t12-,17-/m0/s1. The lowest BCUT2D eigenvalue weighted by atomic mass is 9.95. The van der Waals surface area contributed by atoms with Gasteiger partial charge in [0.25, 0.3) is 5.91 Å². The van der Waals surface area contributed by atoms with Crippen LogP contribution in [-0.2, 0) is 6.42 Å². The maximum atomic E-state index is 14.1. The smallest absolute Gasteiger partial charge is 0.277 e. The summed E-state index contributed by atoms with van der Waals surface area (Å²) >= 11 is 5.78. The molecule has 0 saturated carbocycles. The van der Waals surface area contributed by atoms with Crippen LogP contribution in [0.25, 0.3) is 0 Å². The highest BCUT2D eigenvalue weighted by molar-refractivity contribution is 6.30. The highest BCUT2D eigenvalue weighted by Crippen LogP contribution is 2.31. The number of ketones is 1. The summed E-state index contributed by atoms with van der Waals surface area (Å²) in [6.45, 7) is 2.72. The van der Waals surface area contributed by atoms with Gasteiger partial charge < -0.3 is 10.0 Å². The molecule has 164 valence electrons. The highest BCUT2D eigenvalue weighted by Gasteiger charge is 2.41. The van der Waals surface area contributed by atoms with Gasteiger partial charge in [0.1, 0.15) is 12.0 Å². The van der Waals surface area contributed by atoms with Gasteiger partial charge >= 0.3 is 0 Å². The van der Waals surface area contributed by atoms with Gasteiger partial charge in [0.15, 0.2) is 17.2 Å². The average molecular weight is 448 g/mol. The van der Waals surface area contributed by atoms with E-state index in [1.54, 1.807) is 13.1 Å². The minimum Gasteiger partial charge on any atom is -0.502 e. The average Bonchev–Trinajstić information content (AvgIpc) is 2.74. The molecule has 1 aromatic carbocycles. The van der Waals surface area contributed by atoms with Crippen molar-refractivity contribution in [2.75, 3.05) is 18.6 Å². The first-order valence-electron chi connectivity index (χ1n) is 10.2. The molecule has 0 aliphatic carbocycles. The lowest BCUT2D eigenvalue weighted by molar-refractivity contribution is 0.0557. The SMILES string of the molecule is C[C@H]1CCN2[C@@H](C1)N(C)C(=O)c1c(O)c(=O)c(C(=O)CCc3cccc(Cl)c3F)cn12. The van der Waals surface area contributed by atoms with E-state index in [9.17, 15) is 23.9 Å². The number of piperidine rings is 1. The molecule has 0 unspecified atom stereocenters. The zero-order valence-electron chi connectivity index (χ0n) is 17.3. The monoisotopic (exact) mass is 447 g/mol. The summed E-state index contributed by atoms with van der Waals surface area (Å²) in [4.78, 5) is 39.9. The largest absolute Gasteiger partial charge is 0.502 e. The Balaban J connectivity index is 1.69. The molecule has 0 spiro atoms. The third kappa shape index (κ3) is 3.59.